The Morgan fingerprint density at radius 2 is 1.92 bits per heavy atom. The van der Waals surface area contributed by atoms with Crippen LogP contribution in [0.15, 0.2) is 47.6 Å². The van der Waals surface area contributed by atoms with Crippen molar-refractivity contribution < 1.29 is 9.63 Å². The zero-order chi connectivity index (χ0) is 18.0. The van der Waals surface area contributed by atoms with Gasteiger partial charge in [-0.3, -0.25) is 4.79 Å². The number of carbonyl (C=O) groups excluding carboxylic acids is 1. The van der Waals surface area contributed by atoms with Gasteiger partial charge >= 0.3 is 0 Å². The molecule has 25 heavy (non-hydrogen) atoms. The molecule has 0 spiro atoms. The summed E-state index contributed by atoms with van der Waals surface area (Å²) in [6.45, 7) is 0.828. The van der Waals surface area contributed by atoms with Crippen LogP contribution in [-0.2, 0) is 16.2 Å². The molecule has 0 fully saturated rings. The summed E-state index contributed by atoms with van der Waals surface area (Å²) in [6.07, 6.45) is -0.271. The lowest BCUT2D eigenvalue weighted by molar-refractivity contribution is -0.127. The second-order valence-corrected chi connectivity index (χ2v) is 6.79. The molecule has 2 N–H and O–H groups in total. The molecule has 6 heteroatoms. The number of nitrogens with two attached hydrogens (primary N) is 1. The number of benzene rings is 2. The Morgan fingerprint density at radius 3 is 2.52 bits per heavy atom. The number of primary amides is 1. The van der Waals surface area contributed by atoms with Crippen molar-refractivity contribution >= 4 is 23.2 Å². The summed E-state index contributed by atoms with van der Waals surface area (Å²) in [7, 11) is 4.07. The number of oxime groups is 1. The van der Waals surface area contributed by atoms with E-state index in [0.717, 1.165) is 28.9 Å². The molecule has 1 atom stereocenters. The van der Waals surface area contributed by atoms with Gasteiger partial charge in [0.15, 0.2) is 0 Å². The third-order valence-corrected chi connectivity index (χ3v) is 4.31. The van der Waals surface area contributed by atoms with Crippen LogP contribution < -0.4 is 5.73 Å². The Labute approximate surface area is 152 Å². The first-order valence-corrected chi connectivity index (χ1v) is 8.38. The first-order chi connectivity index (χ1) is 11.9. The van der Waals surface area contributed by atoms with Crippen molar-refractivity contribution in [1.82, 2.24) is 4.90 Å². The molecule has 3 rings (SSSR count). The second-order valence-electron chi connectivity index (χ2n) is 6.36. The standard InChI is InChI=1S/C19H20ClN3O2/c1-23(2)11-14-7-8-15(20)9-16(14)12-3-5-13(6-4-12)17-10-18(19(21)24)25-22-17/h3-9,18H,10-11H2,1-2H3,(H2,21,24). The number of halogens is 1. The van der Waals surface area contributed by atoms with E-state index in [1.807, 2.05) is 50.5 Å². The van der Waals surface area contributed by atoms with Gasteiger partial charge in [0.25, 0.3) is 5.91 Å². The number of nitrogens with zero attached hydrogens (tertiary/aromatic N) is 2. The molecule has 1 heterocycles. The number of rotatable bonds is 5. The van der Waals surface area contributed by atoms with E-state index in [1.54, 1.807) is 0 Å². The van der Waals surface area contributed by atoms with E-state index in [1.165, 1.54) is 5.56 Å². The highest BCUT2D eigenvalue weighted by molar-refractivity contribution is 6.30. The fourth-order valence-electron chi connectivity index (χ4n) is 2.84. The predicted molar refractivity (Wildman–Crippen MR) is 99.5 cm³/mol. The van der Waals surface area contributed by atoms with Crippen LogP contribution in [0.3, 0.4) is 0 Å². The average Bonchev–Trinajstić information content (AvgIpc) is 3.07. The Morgan fingerprint density at radius 1 is 1.24 bits per heavy atom. The Hall–Kier alpha value is -2.37. The monoisotopic (exact) mass is 357 g/mol. The molecule has 5 nitrogen and oxygen atoms in total. The summed E-state index contributed by atoms with van der Waals surface area (Å²) in [5, 5.41) is 4.68. The van der Waals surface area contributed by atoms with Gasteiger partial charge in [-0.2, -0.15) is 0 Å². The lowest BCUT2D eigenvalue weighted by Crippen LogP contribution is -2.28. The molecule has 130 valence electrons. The molecule has 1 amide bonds. The minimum Gasteiger partial charge on any atom is -0.382 e. The van der Waals surface area contributed by atoms with Gasteiger partial charge in [0, 0.05) is 18.0 Å². The van der Waals surface area contributed by atoms with Crippen LogP contribution in [0.5, 0.6) is 0 Å². The molecule has 0 saturated carbocycles. The zero-order valence-electron chi connectivity index (χ0n) is 14.2. The minimum absolute atomic E-state index is 0.401. The van der Waals surface area contributed by atoms with Gasteiger partial charge in [0.2, 0.25) is 6.10 Å². The van der Waals surface area contributed by atoms with E-state index >= 15 is 0 Å². The summed E-state index contributed by atoms with van der Waals surface area (Å²) in [5.41, 5.74) is 10.3. The van der Waals surface area contributed by atoms with Gasteiger partial charge in [-0.05, 0) is 48.5 Å². The molecule has 0 radical (unpaired) electrons. The summed E-state index contributed by atoms with van der Waals surface area (Å²) < 4.78 is 0. The molecule has 0 aliphatic carbocycles. The summed E-state index contributed by atoms with van der Waals surface area (Å²) >= 11 is 6.19. The van der Waals surface area contributed by atoms with Crippen LogP contribution in [0.1, 0.15) is 17.5 Å². The van der Waals surface area contributed by atoms with Crippen molar-refractivity contribution in [2.75, 3.05) is 14.1 Å². The van der Waals surface area contributed by atoms with E-state index in [2.05, 4.69) is 16.1 Å². The molecule has 1 unspecified atom stereocenters. The van der Waals surface area contributed by atoms with Crippen LogP contribution >= 0.6 is 11.6 Å². The van der Waals surface area contributed by atoms with Crippen molar-refractivity contribution in [2.24, 2.45) is 10.9 Å². The number of hydrogen-bond acceptors (Lipinski definition) is 4. The van der Waals surface area contributed by atoms with Crippen molar-refractivity contribution in [3.8, 4) is 11.1 Å². The largest absolute Gasteiger partial charge is 0.382 e. The van der Waals surface area contributed by atoms with Gasteiger partial charge in [-0.1, -0.05) is 47.1 Å². The van der Waals surface area contributed by atoms with E-state index in [-0.39, 0.29) is 0 Å². The Bertz CT molecular complexity index is 816. The van der Waals surface area contributed by atoms with Crippen molar-refractivity contribution in [3.63, 3.8) is 0 Å². The average molecular weight is 358 g/mol. The predicted octanol–water partition coefficient (Wildman–Crippen LogP) is 3.05. The highest BCUT2D eigenvalue weighted by Gasteiger charge is 2.26. The minimum atomic E-state index is -0.672. The first-order valence-electron chi connectivity index (χ1n) is 8.00. The highest BCUT2D eigenvalue weighted by Crippen LogP contribution is 2.29. The maximum atomic E-state index is 11.2. The van der Waals surface area contributed by atoms with Crippen LogP contribution in [0.2, 0.25) is 5.02 Å². The van der Waals surface area contributed by atoms with Gasteiger partial charge in [-0.25, -0.2) is 0 Å². The van der Waals surface area contributed by atoms with E-state index in [0.29, 0.717) is 11.4 Å². The third-order valence-electron chi connectivity index (χ3n) is 4.07. The first kappa shape index (κ1) is 17.5. The highest BCUT2D eigenvalue weighted by atomic mass is 35.5. The molecule has 1 aliphatic rings. The quantitative estimate of drug-likeness (QED) is 0.894. The van der Waals surface area contributed by atoms with E-state index in [9.17, 15) is 4.79 Å². The summed E-state index contributed by atoms with van der Waals surface area (Å²) in [6, 6.07) is 13.9. The van der Waals surface area contributed by atoms with Crippen molar-refractivity contribution in [3.05, 3.63) is 58.6 Å². The van der Waals surface area contributed by atoms with Gasteiger partial charge in [0.1, 0.15) is 0 Å². The van der Waals surface area contributed by atoms with Crippen molar-refractivity contribution in [2.45, 2.75) is 19.1 Å². The molecular formula is C19H20ClN3O2. The lowest BCUT2D eigenvalue weighted by Gasteiger charge is -2.15. The Kier molecular flexibility index (Phi) is 5.06. The molecule has 2 aromatic carbocycles. The number of hydrogen-bond donors (Lipinski definition) is 1. The fourth-order valence-corrected chi connectivity index (χ4v) is 3.01. The maximum Gasteiger partial charge on any atom is 0.261 e. The fraction of sp³-hybridized carbons (Fsp3) is 0.263. The SMILES string of the molecule is CN(C)Cc1ccc(Cl)cc1-c1ccc(C2=NOC(C(N)=O)C2)cc1. The van der Waals surface area contributed by atoms with Gasteiger partial charge in [-0.15, -0.1) is 0 Å². The van der Waals surface area contributed by atoms with E-state index < -0.39 is 12.0 Å². The maximum absolute atomic E-state index is 11.2. The molecule has 0 aromatic heterocycles. The summed E-state index contributed by atoms with van der Waals surface area (Å²) in [4.78, 5) is 18.4. The van der Waals surface area contributed by atoms with Gasteiger partial charge < -0.3 is 15.5 Å². The van der Waals surface area contributed by atoms with E-state index in [4.69, 9.17) is 22.2 Å². The lowest BCUT2D eigenvalue weighted by atomic mass is 9.96. The normalized spacial score (nSPS) is 16.6. The topological polar surface area (TPSA) is 67.9 Å². The number of amides is 1. The molecule has 0 saturated heterocycles. The van der Waals surface area contributed by atoms with Crippen molar-refractivity contribution in [1.29, 1.82) is 0 Å². The molecular weight excluding hydrogens is 338 g/mol. The van der Waals surface area contributed by atoms with Crippen LogP contribution in [0.4, 0.5) is 0 Å². The molecule has 2 aromatic rings. The third kappa shape index (κ3) is 4.00. The molecule has 0 bridgehead atoms. The smallest absolute Gasteiger partial charge is 0.261 e. The zero-order valence-corrected chi connectivity index (χ0v) is 15.0. The van der Waals surface area contributed by atoms with Crippen LogP contribution in [-0.4, -0.2) is 36.7 Å². The molecule has 1 aliphatic heterocycles. The summed E-state index contributed by atoms with van der Waals surface area (Å²) in [5.74, 6) is -0.498. The van der Waals surface area contributed by atoms with Crippen LogP contribution in [0, 0.1) is 0 Å². The van der Waals surface area contributed by atoms with Gasteiger partial charge in [0.05, 0.1) is 5.71 Å². The van der Waals surface area contributed by atoms with Crippen LogP contribution in [0.25, 0.3) is 11.1 Å². The number of carbonyl (C=O) groups is 1. The Balaban J connectivity index is 1.86. The second kappa shape index (κ2) is 7.25.